The lowest BCUT2D eigenvalue weighted by Crippen LogP contribution is -2.09. The number of hydrogen-bond acceptors (Lipinski definition) is 2. The van der Waals surface area contributed by atoms with E-state index in [0.717, 1.165) is 31.4 Å². The van der Waals surface area contributed by atoms with Crippen LogP contribution in [0.15, 0.2) is 35.1 Å². The first kappa shape index (κ1) is 12.0. The molecule has 0 spiro atoms. The molecule has 0 radical (unpaired) electrons. The third-order valence-corrected chi connectivity index (χ3v) is 3.29. The van der Waals surface area contributed by atoms with Gasteiger partial charge >= 0.3 is 5.97 Å². The molecule has 1 aliphatic heterocycles. The minimum atomic E-state index is -0.719. The lowest BCUT2D eigenvalue weighted by atomic mass is 9.97. The van der Waals surface area contributed by atoms with Gasteiger partial charge < -0.3 is 9.84 Å². The predicted octanol–water partition coefficient (Wildman–Crippen LogP) is 3.19. The van der Waals surface area contributed by atoms with E-state index in [-0.39, 0.29) is 12.5 Å². The highest BCUT2D eigenvalue weighted by atomic mass is 16.5. The highest BCUT2D eigenvalue weighted by Gasteiger charge is 2.27. The summed E-state index contributed by atoms with van der Waals surface area (Å²) in [5, 5.41) is 8.57. The Morgan fingerprint density at radius 3 is 3.06 bits per heavy atom. The topological polar surface area (TPSA) is 46.5 Å². The Morgan fingerprint density at radius 2 is 2.35 bits per heavy atom. The van der Waals surface area contributed by atoms with Crippen LogP contribution >= 0.6 is 0 Å². The number of carboxylic acids is 1. The van der Waals surface area contributed by atoms with E-state index in [1.807, 2.05) is 0 Å². The molecule has 2 aliphatic rings. The van der Waals surface area contributed by atoms with Crippen LogP contribution in [-0.4, -0.2) is 17.2 Å². The molecule has 0 aromatic heterocycles. The first-order chi connectivity index (χ1) is 8.18. The average molecular weight is 234 g/mol. The fourth-order valence-electron chi connectivity index (χ4n) is 2.32. The number of fused-ring (bicyclic) bond motifs is 1. The van der Waals surface area contributed by atoms with Crippen molar-refractivity contribution >= 4 is 5.97 Å². The highest BCUT2D eigenvalue weighted by Crippen LogP contribution is 2.36. The monoisotopic (exact) mass is 234 g/mol. The Morgan fingerprint density at radius 1 is 1.53 bits per heavy atom. The molecule has 2 rings (SSSR count). The normalized spacial score (nSPS) is 22.2. The summed E-state index contributed by atoms with van der Waals surface area (Å²) in [5.74, 6) is 0.332. The third-order valence-electron chi connectivity index (χ3n) is 3.29. The van der Waals surface area contributed by atoms with Gasteiger partial charge in [-0.25, -0.2) is 0 Å². The van der Waals surface area contributed by atoms with Gasteiger partial charge in [-0.2, -0.15) is 0 Å². The maximum Gasteiger partial charge on any atom is 0.303 e. The van der Waals surface area contributed by atoms with Gasteiger partial charge in [0.1, 0.15) is 11.9 Å². The largest absolute Gasteiger partial charge is 0.489 e. The summed E-state index contributed by atoms with van der Waals surface area (Å²) in [6, 6.07) is 0. The minimum absolute atomic E-state index is 0.203. The van der Waals surface area contributed by atoms with E-state index in [2.05, 4.69) is 25.2 Å². The molecule has 0 fully saturated rings. The van der Waals surface area contributed by atoms with Gasteiger partial charge in [0.15, 0.2) is 0 Å². The Balaban J connectivity index is 1.87. The van der Waals surface area contributed by atoms with E-state index in [1.54, 1.807) is 0 Å². The quantitative estimate of drug-likeness (QED) is 0.743. The van der Waals surface area contributed by atoms with Gasteiger partial charge in [0.25, 0.3) is 0 Å². The number of allylic oxidation sites excluding steroid dienone is 3. The van der Waals surface area contributed by atoms with Crippen molar-refractivity contribution in [2.24, 2.45) is 0 Å². The van der Waals surface area contributed by atoms with Crippen LogP contribution in [0.4, 0.5) is 0 Å². The van der Waals surface area contributed by atoms with Crippen LogP contribution in [0.1, 0.15) is 39.0 Å². The Hall–Kier alpha value is -1.51. The first-order valence-electron chi connectivity index (χ1n) is 6.14. The van der Waals surface area contributed by atoms with Gasteiger partial charge in [-0.15, -0.1) is 0 Å². The molecule has 1 N–H and O–H groups in total. The van der Waals surface area contributed by atoms with Gasteiger partial charge in [-0.3, -0.25) is 4.79 Å². The molecule has 0 saturated carbocycles. The van der Waals surface area contributed by atoms with Gasteiger partial charge in [-0.1, -0.05) is 18.2 Å². The number of ether oxygens (including phenoxy) is 1. The number of hydrogen-bond donors (Lipinski definition) is 1. The summed E-state index contributed by atoms with van der Waals surface area (Å²) in [6.45, 7) is 2.09. The molecule has 1 aliphatic carbocycles. The SMILES string of the molecule is CC1=C(CCCCC(=O)O)OC2CC=CC=C12. The third kappa shape index (κ3) is 2.78. The summed E-state index contributed by atoms with van der Waals surface area (Å²) < 4.78 is 5.90. The maximum atomic E-state index is 10.4. The lowest BCUT2D eigenvalue weighted by molar-refractivity contribution is -0.137. The van der Waals surface area contributed by atoms with E-state index < -0.39 is 5.97 Å². The van der Waals surface area contributed by atoms with E-state index >= 15 is 0 Å². The van der Waals surface area contributed by atoms with Crippen LogP contribution in [0.2, 0.25) is 0 Å². The summed E-state index contributed by atoms with van der Waals surface area (Å²) in [4.78, 5) is 10.4. The molecular weight excluding hydrogens is 216 g/mol. The van der Waals surface area contributed by atoms with E-state index in [4.69, 9.17) is 9.84 Å². The number of aliphatic carboxylic acids is 1. The summed E-state index contributed by atoms with van der Waals surface area (Å²) in [6.07, 6.45) is 10.2. The second kappa shape index (κ2) is 5.21. The molecule has 1 heterocycles. The molecule has 0 aromatic rings. The molecule has 3 heteroatoms. The molecule has 0 saturated heterocycles. The zero-order chi connectivity index (χ0) is 12.3. The summed E-state index contributed by atoms with van der Waals surface area (Å²) in [5.41, 5.74) is 2.54. The molecule has 92 valence electrons. The first-order valence-corrected chi connectivity index (χ1v) is 6.14. The average Bonchev–Trinajstić information content (AvgIpc) is 2.63. The molecule has 3 nitrogen and oxygen atoms in total. The molecule has 1 atom stereocenters. The van der Waals surface area contributed by atoms with Gasteiger partial charge in [-0.05, 0) is 30.9 Å². The van der Waals surface area contributed by atoms with Crippen LogP contribution in [0.5, 0.6) is 0 Å². The van der Waals surface area contributed by atoms with Gasteiger partial charge in [0, 0.05) is 19.3 Å². The smallest absolute Gasteiger partial charge is 0.303 e. The standard InChI is InChI=1S/C14H18O3/c1-10-11-6-2-3-8-13(11)17-12(10)7-4-5-9-14(15)16/h2-3,6,13H,4-5,7-9H2,1H3,(H,15,16). The predicted molar refractivity (Wildman–Crippen MR) is 65.5 cm³/mol. The Labute approximate surface area is 101 Å². The van der Waals surface area contributed by atoms with Crippen LogP contribution in [0.3, 0.4) is 0 Å². The van der Waals surface area contributed by atoms with Crippen molar-refractivity contribution < 1.29 is 14.6 Å². The van der Waals surface area contributed by atoms with Crippen LogP contribution in [0, 0.1) is 0 Å². The minimum Gasteiger partial charge on any atom is -0.489 e. The highest BCUT2D eigenvalue weighted by molar-refractivity contribution is 5.66. The van der Waals surface area contributed by atoms with Crippen molar-refractivity contribution in [3.8, 4) is 0 Å². The zero-order valence-corrected chi connectivity index (χ0v) is 10.1. The molecule has 1 unspecified atom stereocenters. The zero-order valence-electron chi connectivity index (χ0n) is 10.1. The van der Waals surface area contributed by atoms with Crippen molar-refractivity contribution in [2.75, 3.05) is 0 Å². The molecule has 17 heavy (non-hydrogen) atoms. The molecular formula is C14H18O3. The van der Waals surface area contributed by atoms with Crippen LogP contribution in [0.25, 0.3) is 0 Å². The Kier molecular flexibility index (Phi) is 3.67. The fraction of sp³-hybridized carbons (Fsp3) is 0.500. The van der Waals surface area contributed by atoms with Crippen LogP contribution in [-0.2, 0) is 9.53 Å². The van der Waals surface area contributed by atoms with E-state index in [1.165, 1.54) is 11.1 Å². The molecule has 0 aromatic carbocycles. The lowest BCUT2D eigenvalue weighted by Gasteiger charge is -2.14. The van der Waals surface area contributed by atoms with E-state index in [0.29, 0.717) is 0 Å². The van der Waals surface area contributed by atoms with Crippen molar-refractivity contribution in [1.82, 2.24) is 0 Å². The second-order valence-electron chi connectivity index (χ2n) is 4.54. The van der Waals surface area contributed by atoms with Crippen molar-refractivity contribution in [3.05, 3.63) is 35.1 Å². The number of carbonyl (C=O) groups is 1. The maximum absolute atomic E-state index is 10.4. The second-order valence-corrected chi connectivity index (χ2v) is 4.54. The van der Waals surface area contributed by atoms with Crippen molar-refractivity contribution in [2.45, 2.75) is 45.1 Å². The van der Waals surface area contributed by atoms with Gasteiger partial charge in [0.2, 0.25) is 0 Å². The van der Waals surface area contributed by atoms with Crippen molar-refractivity contribution in [3.63, 3.8) is 0 Å². The molecule has 0 bridgehead atoms. The molecule has 0 amide bonds. The Bertz CT molecular complexity index is 402. The fourth-order valence-corrected chi connectivity index (χ4v) is 2.32. The number of rotatable bonds is 5. The van der Waals surface area contributed by atoms with E-state index in [9.17, 15) is 4.79 Å². The van der Waals surface area contributed by atoms with Gasteiger partial charge in [0.05, 0.1) is 0 Å². The van der Waals surface area contributed by atoms with Crippen LogP contribution < -0.4 is 0 Å². The summed E-state index contributed by atoms with van der Waals surface area (Å²) >= 11 is 0. The number of carboxylic acid groups (broad SMARTS) is 1. The number of unbranched alkanes of at least 4 members (excludes halogenated alkanes) is 1. The summed E-state index contributed by atoms with van der Waals surface area (Å²) in [7, 11) is 0. The van der Waals surface area contributed by atoms with Crippen molar-refractivity contribution in [1.29, 1.82) is 0 Å².